The number of nitrogen functional groups attached to an aromatic ring is 1. The molecule has 0 atom stereocenters. The minimum atomic E-state index is -0.358. The van der Waals surface area contributed by atoms with E-state index in [-0.39, 0.29) is 11.9 Å². The van der Waals surface area contributed by atoms with Gasteiger partial charge >= 0.3 is 6.03 Å². The van der Waals surface area contributed by atoms with Gasteiger partial charge in [0, 0.05) is 35.7 Å². The third-order valence-corrected chi connectivity index (χ3v) is 4.42. The predicted molar refractivity (Wildman–Crippen MR) is 109 cm³/mol. The number of urea groups is 1. The number of anilines is 4. The van der Waals surface area contributed by atoms with Crippen LogP contribution in [0.25, 0.3) is 0 Å². The summed E-state index contributed by atoms with van der Waals surface area (Å²) in [5, 5.41) is 8.34. The van der Waals surface area contributed by atoms with Gasteiger partial charge in [-0.15, -0.1) is 0 Å². The molecule has 27 heavy (non-hydrogen) atoms. The Morgan fingerprint density at radius 2 is 1.52 bits per heavy atom. The minimum Gasteiger partial charge on any atom is -0.399 e. The van der Waals surface area contributed by atoms with Crippen molar-refractivity contribution in [2.45, 2.75) is 19.3 Å². The first kappa shape index (κ1) is 18.7. The van der Waals surface area contributed by atoms with Crippen molar-refractivity contribution in [1.29, 1.82) is 0 Å². The van der Waals surface area contributed by atoms with Crippen molar-refractivity contribution in [3.05, 3.63) is 48.5 Å². The van der Waals surface area contributed by atoms with Crippen LogP contribution in [0.4, 0.5) is 27.5 Å². The Hall–Kier alpha value is -3.06. The van der Waals surface area contributed by atoms with E-state index in [0.29, 0.717) is 29.2 Å². The number of likely N-dealkylation sites (tertiary alicyclic amines) is 1. The molecule has 0 aliphatic carbocycles. The van der Waals surface area contributed by atoms with Crippen LogP contribution in [0, 0.1) is 0 Å². The van der Waals surface area contributed by atoms with E-state index in [9.17, 15) is 9.59 Å². The first-order chi connectivity index (χ1) is 13.1. The maximum absolute atomic E-state index is 12.0. The molecule has 142 valence electrons. The van der Waals surface area contributed by atoms with Gasteiger partial charge in [-0.2, -0.15) is 0 Å². The van der Waals surface area contributed by atoms with E-state index < -0.39 is 0 Å². The van der Waals surface area contributed by atoms with E-state index in [0.717, 1.165) is 19.6 Å². The molecule has 2 aromatic rings. The molecule has 5 N–H and O–H groups in total. The molecule has 1 saturated heterocycles. The summed E-state index contributed by atoms with van der Waals surface area (Å²) >= 11 is 0. The molecular formula is C20H25N5O2. The molecule has 0 radical (unpaired) electrons. The Balaban J connectivity index is 1.45. The molecular weight excluding hydrogens is 342 g/mol. The van der Waals surface area contributed by atoms with Crippen LogP contribution in [-0.4, -0.2) is 36.5 Å². The summed E-state index contributed by atoms with van der Waals surface area (Å²) in [6.45, 7) is 2.98. The van der Waals surface area contributed by atoms with Gasteiger partial charge in [0.25, 0.3) is 0 Å². The van der Waals surface area contributed by atoms with E-state index in [1.807, 2.05) is 0 Å². The number of amides is 3. The third-order valence-electron chi connectivity index (χ3n) is 4.42. The van der Waals surface area contributed by atoms with Crippen molar-refractivity contribution in [3.8, 4) is 0 Å². The van der Waals surface area contributed by atoms with Crippen molar-refractivity contribution in [2.75, 3.05) is 41.3 Å². The summed E-state index contributed by atoms with van der Waals surface area (Å²) in [5.41, 5.74) is 8.23. The number of carbonyl (C=O) groups excluding carboxylic acids is 2. The zero-order valence-corrected chi connectivity index (χ0v) is 15.2. The van der Waals surface area contributed by atoms with Crippen LogP contribution in [0.5, 0.6) is 0 Å². The van der Waals surface area contributed by atoms with Gasteiger partial charge in [-0.25, -0.2) is 4.79 Å². The number of hydrogen-bond donors (Lipinski definition) is 4. The minimum absolute atomic E-state index is 0.00187. The fraction of sp³-hybridized carbons (Fsp3) is 0.300. The number of hydrogen-bond acceptors (Lipinski definition) is 4. The van der Waals surface area contributed by atoms with Crippen LogP contribution >= 0.6 is 0 Å². The first-order valence-electron chi connectivity index (χ1n) is 9.14. The van der Waals surface area contributed by atoms with Crippen LogP contribution in [0.2, 0.25) is 0 Å². The molecule has 0 spiro atoms. The highest BCUT2D eigenvalue weighted by molar-refractivity contribution is 6.00. The van der Waals surface area contributed by atoms with Crippen LogP contribution in [0.3, 0.4) is 0 Å². The van der Waals surface area contributed by atoms with Crippen molar-refractivity contribution >= 4 is 34.7 Å². The average molecular weight is 367 g/mol. The number of nitrogens with zero attached hydrogens (tertiary/aromatic N) is 1. The van der Waals surface area contributed by atoms with E-state index in [1.165, 1.54) is 12.8 Å². The molecule has 0 unspecified atom stereocenters. The summed E-state index contributed by atoms with van der Waals surface area (Å²) in [7, 11) is 0. The van der Waals surface area contributed by atoms with E-state index in [1.54, 1.807) is 48.5 Å². The summed E-state index contributed by atoms with van der Waals surface area (Å²) in [4.78, 5) is 26.4. The third kappa shape index (κ3) is 6.00. The number of carbonyl (C=O) groups is 2. The Morgan fingerprint density at radius 3 is 2.19 bits per heavy atom. The SMILES string of the molecule is Nc1cccc(NC(=O)Nc2ccc(NC(=O)CCN3CCCC3)cc2)c1. The van der Waals surface area contributed by atoms with Crippen molar-refractivity contribution in [2.24, 2.45) is 0 Å². The molecule has 0 aromatic heterocycles. The lowest BCUT2D eigenvalue weighted by Gasteiger charge is -2.14. The Bertz CT molecular complexity index is 785. The quantitative estimate of drug-likeness (QED) is 0.588. The van der Waals surface area contributed by atoms with Crippen LogP contribution < -0.4 is 21.7 Å². The van der Waals surface area contributed by atoms with Gasteiger partial charge in [0.05, 0.1) is 0 Å². The van der Waals surface area contributed by atoms with Gasteiger partial charge in [-0.1, -0.05) is 6.07 Å². The van der Waals surface area contributed by atoms with Crippen molar-refractivity contribution in [1.82, 2.24) is 4.90 Å². The normalized spacial score (nSPS) is 13.9. The Kier molecular flexibility index (Phi) is 6.27. The van der Waals surface area contributed by atoms with Gasteiger partial charge in [-0.05, 0) is 68.4 Å². The molecule has 3 amide bonds. The predicted octanol–water partition coefficient (Wildman–Crippen LogP) is 3.34. The monoisotopic (exact) mass is 367 g/mol. The van der Waals surface area contributed by atoms with E-state index in [2.05, 4.69) is 20.9 Å². The lowest BCUT2D eigenvalue weighted by Crippen LogP contribution is -2.25. The number of nitrogens with two attached hydrogens (primary N) is 1. The second-order valence-corrected chi connectivity index (χ2v) is 6.63. The molecule has 1 fully saturated rings. The van der Waals surface area contributed by atoms with E-state index >= 15 is 0 Å². The molecule has 2 aromatic carbocycles. The molecule has 0 saturated carbocycles. The van der Waals surface area contributed by atoms with E-state index in [4.69, 9.17) is 5.73 Å². The van der Waals surface area contributed by atoms with Gasteiger partial charge in [0.15, 0.2) is 0 Å². The highest BCUT2D eigenvalue weighted by atomic mass is 16.2. The first-order valence-corrected chi connectivity index (χ1v) is 9.14. The van der Waals surface area contributed by atoms with Gasteiger partial charge in [-0.3, -0.25) is 4.79 Å². The fourth-order valence-corrected chi connectivity index (χ4v) is 3.04. The molecule has 7 heteroatoms. The average Bonchev–Trinajstić information content (AvgIpc) is 3.15. The lowest BCUT2D eigenvalue weighted by atomic mass is 10.2. The lowest BCUT2D eigenvalue weighted by molar-refractivity contribution is -0.116. The molecule has 3 rings (SSSR count). The summed E-state index contributed by atoms with van der Waals surface area (Å²) in [6.07, 6.45) is 2.94. The maximum Gasteiger partial charge on any atom is 0.323 e. The summed E-state index contributed by atoms with van der Waals surface area (Å²) < 4.78 is 0. The maximum atomic E-state index is 12.0. The zero-order valence-electron chi connectivity index (χ0n) is 15.2. The molecule has 7 nitrogen and oxygen atoms in total. The molecule has 1 aliphatic heterocycles. The molecule has 1 heterocycles. The van der Waals surface area contributed by atoms with Gasteiger partial charge < -0.3 is 26.6 Å². The Labute approximate surface area is 158 Å². The van der Waals surface area contributed by atoms with Crippen molar-refractivity contribution in [3.63, 3.8) is 0 Å². The standard InChI is InChI=1S/C20H25N5O2/c21-15-4-3-5-18(14-15)24-20(27)23-17-8-6-16(7-9-17)22-19(26)10-13-25-11-1-2-12-25/h3-9,14H,1-2,10-13,21H2,(H,22,26)(H2,23,24,27). The second kappa shape index (κ2) is 9.05. The van der Waals surface area contributed by atoms with Crippen LogP contribution in [0.15, 0.2) is 48.5 Å². The number of benzene rings is 2. The van der Waals surface area contributed by atoms with Crippen molar-refractivity contribution < 1.29 is 9.59 Å². The fourth-order valence-electron chi connectivity index (χ4n) is 3.04. The summed E-state index contributed by atoms with van der Waals surface area (Å²) in [6, 6.07) is 13.6. The van der Waals surface area contributed by atoms with Crippen LogP contribution in [0.1, 0.15) is 19.3 Å². The van der Waals surface area contributed by atoms with Gasteiger partial charge in [0.2, 0.25) is 5.91 Å². The second-order valence-electron chi connectivity index (χ2n) is 6.63. The number of rotatable bonds is 6. The molecule has 0 bridgehead atoms. The van der Waals surface area contributed by atoms with Gasteiger partial charge in [0.1, 0.15) is 0 Å². The topological polar surface area (TPSA) is 99.5 Å². The molecule has 1 aliphatic rings. The highest BCUT2D eigenvalue weighted by Gasteiger charge is 2.13. The van der Waals surface area contributed by atoms with Crippen LogP contribution in [-0.2, 0) is 4.79 Å². The smallest absolute Gasteiger partial charge is 0.323 e. The number of nitrogens with one attached hydrogen (secondary N) is 3. The largest absolute Gasteiger partial charge is 0.399 e. The Morgan fingerprint density at radius 1 is 0.889 bits per heavy atom. The summed E-state index contributed by atoms with van der Waals surface area (Å²) in [5.74, 6) is 0.00187. The zero-order chi connectivity index (χ0) is 19.1. The highest BCUT2D eigenvalue weighted by Crippen LogP contribution is 2.16.